The summed E-state index contributed by atoms with van der Waals surface area (Å²) in [6.07, 6.45) is 0.655. The lowest BCUT2D eigenvalue weighted by Gasteiger charge is -2.31. The van der Waals surface area contributed by atoms with Gasteiger partial charge in [-0.2, -0.15) is 14.6 Å². The molecular formula is C23H11ClN4O6S. The number of fused-ring (bicyclic) bond motifs is 2. The van der Waals surface area contributed by atoms with Crippen molar-refractivity contribution in [1.29, 1.82) is 5.26 Å². The van der Waals surface area contributed by atoms with Crippen molar-refractivity contribution in [2.24, 2.45) is 5.41 Å². The molecule has 1 aromatic carbocycles. The van der Waals surface area contributed by atoms with Crippen LogP contribution in [-0.2, 0) is 16.1 Å². The summed E-state index contributed by atoms with van der Waals surface area (Å²) in [4.78, 5) is 28.9. The Bertz CT molecular complexity index is 1570. The predicted molar refractivity (Wildman–Crippen MR) is 120 cm³/mol. The third-order valence-corrected chi connectivity index (χ3v) is 6.75. The Balaban J connectivity index is 1.17. The molecule has 3 heterocycles. The SMILES string of the molecule is N#Cc1nsc(C#Cc2nc3c(o2)OC2=C(O3)C(=O)C23CC3)c1NC(=O)OCc1ccccc1Cl. The second-order valence-electron chi connectivity index (χ2n) is 7.77. The van der Waals surface area contributed by atoms with Crippen LogP contribution in [0.4, 0.5) is 10.5 Å². The smallest absolute Gasteiger partial charge is 0.412 e. The molecule has 0 bridgehead atoms. The fourth-order valence-corrected chi connectivity index (χ4v) is 4.47. The molecule has 3 aromatic rings. The second kappa shape index (κ2) is 7.87. The minimum Gasteiger partial charge on any atom is -0.444 e. The molecule has 3 aliphatic rings. The minimum atomic E-state index is -0.804. The summed E-state index contributed by atoms with van der Waals surface area (Å²) in [5.74, 6) is 6.02. The number of nitriles is 1. The van der Waals surface area contributed by atoms with Crippen molar-refractivity contribution in [1.82, 2.24) is 9.36 Å². The molecular weight excluding hydrogens is 496 g/mol. The largest absolute Gasteiger partial charge is 0.444 e. The van der Waals surface area contributed by atoms with Crippen LogP contribution in [0.25, 0.3) is 0 Å². The zero-order valence-corrected chi connectivity index (χ0v) is 19.1. The van der Waals surface area contributed by atoms with Gasteiger partial charge in [-0.15, -0.1) is 0 Å². The van der Waals surface area contributed by atoms with E-state index in [-0.39, 0.29) is 52.1 Å². The first kappa shape index (κ1) is 21.2. The summed E-state index contributed by atoms with van der Waals surface area (Å²) < 4.78 is 25.9. The number of oxazole rings is 1. The zero-order valence-electron chi connectivity index (χ0n) is 17.5. The third-order valence-electron chi connectivity index (χ3n) is 5.62. The Morgan fingerprint density at radius 1 is 1.29 bits per heavy atom. The number of anilines is 1. The number of halogens is 1. The van der Waals surface area contributed by atoms with Crippen LogP contribution in [0.5, 0.6) is 11.8 Å². The van der Waals surface area contributed by atoms with E-state index in [1.807, 2.05) is 6.07 Å². The van der Waals surface area contributed by atoms with Crippen LogP contribution in [-0.4, -0.2) is 21.2 Å². The van der Waals surface area contributed by atoms with Crippen molar-refractivity contribution in [3.8, 4) is 29.7 Å². The van der Waals surface area contributed by atoms with E-state index in [1.54, 1.807) is 24.3 Å². The van der Waals surface area contributed by atoms with Crippen LogP contribution in [0.2, 0.25) is 5.02 Å². The molecule has 1 saturated carbocycles. The van der Waals surface area contributed by atoms with Crippen LogP contribution in [0, 0.1) is 28.6 Å². The van der Waals surface area contributed by atoms with E-state index < -0.39 is 11.5 Å². The van der Waals surface area contributed by atoms with Gasteiger partial charge in [-0.05, 0) is 42.3 Å². The van der Waals surface area contributed by atoms with E-state index in [0.29, 0.717) is 16.3 Å². The Morgan fingerprint density at radius 3 is 2.89 bits per heavy atom. The first-order valence-corrected chi connectivity index (χ1v) is 11.4. The Kier molecular flexibility index (Phi) is 4.78. The normalized spacial score (nSPS) is 15.9. The van der Waals surface area contributed by atoms with Crippen LogP contribution >= 0.6 is 23.1 Å². The summed E-state index contributed by atoms with van der Waals surface area (Å²) in [7, 11) is 0. The number of carbonyl (C=O) groups excluding carboxylic acids is 2. The number of amides is 1. The molecule has 1 aliphatic heterocycles. The number of hydrogen-bond acceptors (Lipinski definition) is 10. The molecule has 0 atom stereocenters. The van der Waals surface area contributed by atoms with E-state index >= 15 is 0 Å². The summed E-state index contributed by atoms with van der Waals surface area (Å²) in [6.45, 7) is -0.0599. The molecule has 172 valence electrons. The standard InChI is InChI=1S/C23H11ClN4O6S/c24-12-4-2-1-3-11(12)10-31-22(30)27-16-13(9-25)28-35-14(16)5-6-15-26-20-21(32-15)34-19-17(33-20)18(29)23(19)7-8-23/h1-4H,7-8,10H2,(H,27,30). The predicted octanol–water partition coefficient (Wildman–Crippen LogP) is 4.15. The van der Waals surface area contributed by atoms with Gasteiger partial charge in [0.05, 0.1) is 5.41 Å². The molecule has 35 heavy (non-hydrogen) atoms. The summed E-state index contributed by atoms with van der Waals surface area (Å²) in [5, 5.41) is 12.3. The van der Waals surface area contributed by atoms with Crippen molar-refractivity contribution < 1.29 is 28.2 Å². The van der Waals surface area contributed by atoms with Gasteiger partial charge in [-0.1, -0.05) is 29.8 Å². The topological polar surface area (TPSA) is 137 Å². The van der Waals surface area contributed by atoms with E-state index in [0.717, 1.165) is 24.4 Å². The maximum Gasteiger partial charge on any atom is 0.412 e. The molecule has 2 aliphatic carbocycles. The van der Waals surface area contributed by atoms with Gasteiger partial charge in [0.15, 0.2) is 11.5 Å². The zero-order chi connectivity index (χ0) is 24.2. The average molecular weight is 507 g/mol. The van der Waals surface area contributed by atoms with E-state index in [4.69, 9.17) is 30.2 Å². The van der Waals surface area contributed by atoms with Gasteiger partial charge in [-0.3, -0.25) is 10.1 Å². The number of allylic oxidation sites excluding steroid dienone is 2. The summed E-state index contributed by atoms with van der Waals surface area (Å²) in [5.41, 5.74) is 0.154. The van der Waals surface area contributed by atoms with E-state index in [1.165, 1.54) is 0 Å². The Hall–Kier alpha value is -4.32. The maximum absolute atomic E-state index is 12.3. The van der Waals surface area contributed by atoms with Gasteiger partial charge in [0.1, 0.15) is 23.2 Å². The van der Waals surface area contributed by atoms with Crippen molar-refractivity contribution in [3.05, 3.63) is 62.8 Å². The number of hydrogen-bond donors (Lipinski definition) is 1. The van der Waals surface area contributed by atoms with Crippen LogP contribution in [0.1, 0.15) is 34.9 Å². The molecule has 12 heteroatoms. The van der Waals surface area contributed by atoms with Crippen molar-refractivity contribution >= 4 is 40.7 Å². The van der Waals surface area contributed by atoms with E-state index in [9.17, 15) is 14.9 Å². The number of rotatable bonds is 3. The number of Topliss-reactive ketones (excluding diaryl/α,β-unsaturated/α-hetero) is 1. The number of aromatic nitrogens is 2. The lowest BCUT2D eigenvalue weighted by molar-refractivity contribution is -0.127. The van der Waals surface area contributed by atoms with Crippen LogP contribution in [0.3, 0.4) is 0 Å². The molecule has 0 unspecified atom stereocenters. The summed E-state index contributed by atoms with van der Waals surface area (Å²) >= 11 is 6.98. The first-order chi connectivity index (χ1) is 17.0. The third kappa shape index (κ3) is 3.49. The Labute approximate surface area is 206 Å². The number of nitrogens with one attached hydrogen (secondary N) is 1. The molecule has 0 saturated heterocycles. The molecule has 1 amide bonds. The van der Waals surface area contributed by atoms with Gasteiger partial charge < -0.3 is 18.6 Å². The van der Waals surface area contributed by atoms with Crippen molar-refractivity contribution in [3.63, 3.8) is 0 Å². The molecule has 1 fully saturated rings. The second-order valence-corrected chi connectivity index (χ2v) is 8.96. The molecule has 6 rings (SSSR count). The average Bonchev–Trinajstić information content (AvgIpc) is 3.48. The fraction of sp³-hybridized carbons (Fsp3) is 0.174. The first-order valence-electron chi connectivity index (χ1n) is 10.2. The lowest BCUT2D eigenvalue weighted by Crippen LogP contribution is -2.40. The molecule has 0 radical (unpaired) electrons. The van der Waals surface area contributed by atoms with Crippen LogP contribution in [0.15, 0.2) is 40.2 Å². The molecule has 1 spiro atoms. The van der Waals surface area contributed by atoms with Crippen molar-refractivity contribution in [2.45, 2.75) is 19.4 Å². The number of ketones is 1. The van der Waals surface area contributed by atoms with Gasteiger partial charge in [-0.25, -0.2) is 4.79 Å². The Morgan fingerprint density at radius 2 is 2.11 bits per heavy atom. The number of carbonyl (C=O) groups is 2. The molecule has 1 N–H and O–H groups in total. The quantitative estimate of drug-likeness (QED) is 0.519. The lowest BCUT2D eigenvalue weighted by atomic mass is 9.84. The number of nitrogens with zero attached hydrogens (tertiary/aromatic N) is 3. The minimum absolute atomic E-state index is 0.0143. The van der Waals surface area contributed by atoms with E-state index in [2.05, 4.69) is 26.5 Å². The summed E-state index contributed by atoms with van der Waals surface area (Å²) in [6, 6.07) is 8.85. The fourth-order valence-electron chi connectivity index (χ4n) is 3.63. The monoisotopic (exact) mass is 506 g/mol. The maximum atomic E-state index is 12.3. The van der Waals surface area contributed by atoms with Gasteiger partial charge in [0, 0.05) is 10.6 Å². The highest BCUT2D eigenvalue weighted by atomic mass is 35.5. The highest BCUT2D eigenvalue weighted by Crippen LogP contribution is 2.63. The van der Waals surface area contributed by atoms with Gasteiger partial charge in [0.25, 0.3) is 5.89 Å². The molecule has 10 nitrogen and oxygen atoms in total. The molecule has 2 aromatic heterocycles. The highest BCUT2D eigenvalue weighted by Gasteiger charge is 2.67. The number of benzene rings is 1. The highest BCUT2D eigenvalue weighted by molar-refractivity contribution is 7.07. The number of ether oxygens (including phenoxy) is 3. The van der Waals surface area contributed by atoms with Crippen molar-refractivity contribution in [2.75, 3.05) is 5.32 Å². The van der Waals surface area contributed by atoms with Gasteiger partial charge in [0.2, 0.25) is 11.5 Å². The van der Waals surface area contributed by atoms with Crippen LogP contribution < -0.4 is 14.8 Å². The van der Waals surface area contributed by atoms with Gasteiger partial charge >= 0.3 is 17.9 Å².